The van der Waals surface area contributed by atoms with Crippen LogP contribution in [0, 0.1) is 0 Å². The molecule has 0 unspecified atom stereocenters. The van der Waals surface area contributed by atoms with E-state index in [2.05, 4.69) is 103 Å². The predicted octanol–water partition coefficient (Wildman–Crippen LogP) is 6.38. The molecule has 3 aromatic carbocycles. The lowest BCUT2D eigenvalue weighted by atomic mass is 10.0. The Bertz CT molecular complexity index is 1000. The molecule has 0 fully saturated rings. The summed E-state index contributed by atoms with van der Waals surface area (Å²) in [6.07, 6.45) is 10.8. The van der Waals surface area contributed by atoms with Gasteiger partial charge in [-0.1, -0.05) is 91.0 Å². The van der Waals surface area contributed by atoms with E-state index in [4.69, 9.17) is 4.74 Å². The van der Waals surface area contributed by atoms with Gasteiger partial charge in [-0.25, -0.2) is 0 Å². The van der Waals surface area contributed by atoms with Gasteiger partial charge in [0.2, 0.25) is 0 Å². The molecule has 0 bridgehead atoms. The van der Waals surface area contributed by atoms with E-state index in [9.17, 15) is 0 Å². The number of hydrogen-bond acceptors (Lipinski definition) is 2. The van der Waals surface area contributed by atoms with Crippen molar-refractivity contribution < 1.29 is 4.74 Å². The number of ether oxygens (including phenoxy) is 1. The standard InChI is InChI=1S/C28H29NO/c1-29(22-24-15-18-27-12-8-20-30-28(27)21-24)19-7-3-4-9-23-13-16-26(17-14-23)25-10-5-2-6-11-25/h2-7,9-11,13-18,21H,8,12,19-20,22H2,1H3. The van der Waals surface area contributed by atoms with Gasteiger partial charge in [-0.05, 0) is 53.8 Å². The van der Waals surface area contributed by atoms with Gasteiger partial charge in [0.05, 0.1) is 6.61 Å². The number of nitrogens with zero attached hydrogens (tertiary/aromatic N) is 1. The van der Waals surface area contributed by atoms with Crippen LogP contribution in [-0.2, 0) is 13.0 Å². The van der Waals surface area contributed by atoms with Gasteiger partial charge in [0.15, 0.2) is 0 Å². The van der Waals surface area contributed by atoms with Crippen molar-refractivity contribution in [2.24, 2.45) is 0 Å². The minimum Gasteiger partial charge on any atom is -0.493 e. The zero-order chi connectivity index (χ0) is 20.6. The van der Waals surface area contributed by atoms with E-state index >= 15 is 0 Å². The van der Waals surface area contributed by atoms with Crippen molar-refractivity contribution >= 4 is 6.08 Å². The molecule has 0 saturated carbocycles. The molecule has 152 valence electrons. The maximum absolute atomic E-state index is 5.79. The molecular formula is C28H29NO. The monoisotopic (exact) mass is 395 g/mol. The summed E-state index contributed by atoms with van der Waals surface area (Å²) in [5.74, 6) is 1.07. The number of fused-ring (bicyclic) bond motifs is 1. The third-order valence-corrected chi connectivity index (χ3v) is 5.40. The van der Waals surface area contributed by atoms with Crippen molar-refractivity contribution in [1.29, 1.82) is 0 Å². The number of rotatable bonds is 7. The summed E-state index contributed by atoms with van der Waals surface area (Å²) in [4.78, 5) is 2.31. The molecule has 3 aromatic rings. The minimum atomic E-state index is 0.844. The quantitative estimate of drug-likeness (QED) is 0.430. The van der Waals surface area contributed by atoms with Gasteiger partial charge >= 0.3 is 0 Å². The highest BCUT2D eigenvalue weighted by Gasteiger charge is 2.10. The lowest BCUT2D eigenvalue weighted by Gasteiger charge is -2.20. The molecule has 0 saturated heterocycles. The van der Waals surface area contributed by atoms with Crippen LogP contribution in [0.4, 0.5) is 0 Å². The van der Waals surface area contributed by atoms with Crippen molar-refractivity contribution in [1.82, 2.24) is 4.90 Å². The minimum absolute atomic E-state index is 0.844. The van der Waals surface area contributed by atoms with Gasteiger partial charge in [-0.3, -0.25) is 4.90 Å². The first-order chi connectivity index (χ1) is 14.8. The number of likely N-dealkylation sites (N-methyl/N-ethyl adjacent to an activating group) is 1. The Balaban J connectivity index is 1.26. The fraction of sp³-hybridized carbons (Fsp3) is 0.214. The Morgan fingerprint density at radius 2 is 1.70 bits per heavy atom. The second kappa shape index (κ2) is 10.1. The Kier molecular flexibility index (Phi) is 6.79. The normalized spacial score (nSPS) is 13.7. The topological polar surface area (TPSA) is 12.5 Å². The van der Waals surface area contributed by atoms with E-state index in [1.165, 1.54) is 27.8 Å². The highest BCUT2D eigenvalue weighted by molar-refractivity contribution is 5.65. The van der Waals surface area contributed by atoms with Crippen molar-refractivity contribution in [3.63, 3.8) is 0 Å². The molecule has 0 spiro atoms. The van der Waals surface area contributed by atoms with Crippen LogP contribution in [0.5, 0.6) is 5.75 Å². The Morgan fingerprint density at radius 3 is 2.53 bits per heavy atom. The molecule has 0 radical (unpaired) electrons. The van der Waals surface area contributed by atoms with Gasteiger partial charge in [-0.15, -0.1) is 0 Å². The zero-order valence-corrected chi connectivity index (χ0v) is 17.6. The fourth-order valence-corrected chi connectivity index (χ4v) is 3.76. The second-order valence-electron chi connectivity index (χ2n) is 7.87. The predicted molar refractivity (Wildman–Crippen MR) is 127 cm³/mol. The summed E-state index contributed by atoms with van der Waals surface area (Å²) >= 11 is 0. The number of benzene rings is 3. The number of aryl methyl sites for hydroxylation is 1. The SMILES string of the molecule is CN(CC=CC=Cc1ccc(-c2ccccc2)cc1)Cc1ccc2c(c1)OCCC2. The van der Waals surface area contributed by atoms with Crippen LogP contribution in [-0.4, -0.2) is 25.1 Å². The maximum Gasteiger partial charge on any atom is 0.122 e. The van der Waals surface area contributed by atoms with Crippen molar-refractivity contribution in [3.8, 4) is 16.9 Å². The molecule has 0 aliphatic carbocycles. The van der Waals surface area contributed by atoms with Crippen molar-refractivity contribution in [3.05, 3.63) is 108 Å². The first-order valence-electron chi connectivity index (χ1n) is 10.7. The maximum atomic E-state index is 5.79. The van der Waals surface area contributed by atoms with Crippen LogP contribution in [0.3, 0.4) is 0 Å². The molecule has 1 heterocycles. The summed E-state index contributed by atoms with van der Waals surface area (Å²) in [5, 5.41) is 0. The first-order valence-corrected chi connectivity index (χ1v) is 10.7. The summed E-state index contributed by atoms with van der Waals surface area (Å²) in [7, 11) is 2.15. The molecule has 1 aliphatic heterocycles. The zero-order valence-electron chi connectivity index (χ0n) is 17.6. The average molecular weight is 396 g/mol. The van der Waals surface area contributed by atoms with Gasteiger partial charge in [0, 0.05) is 13.1 Å². The molecular weight excluding hydrogens is 366 g/mol. The Morgan fingerprint density at radius 1 is 0.900 bits per heavy atom. The molecule has 0 N–H and O–H groups in total. The molecule has 4 rings (SSSR count). The van der Waals surface area contributed by atoms with Crippen LogP contribution < -0.4 is 4.74 Å². The van der Waals surface area contributed by atoms with Crippen LogP contribution >= 0.6 is 0 Å². The summed E-state index contributed by atoms with van der Waals surface area (Å²) in [6, 6.07) is 25.8. The van der Waals surface area contributed by atoms with Gasteiger partial charge in [-0.2, -0.15) is 0 Å². The highest BCUT2D eigenvalue weighted by Crippen LogP contribution is 2.26. The van der Waals surface area contributed by atoms with E-state index < -0.39 is 0 Å². The summed E-state index contributed by atoms with van der Waals surface area (Å²) in [5.41, 5.74) is 6.36. The van der Waals surface area contributed by atoms with Crippen molar-refractivity contribution in [2.45, 2.75) is 19.4 Å². The molecule has 1 aliphatic rings. The molecule has 30 heavy (non-hydrogen) atoms. The Hall–Kier alpha value is -3.10. The third kappa shape index (κ3) is 5.49. The first kappa shape index (κ1) is 20.2. The van der Waals surface area contributed by atoms with Crippen LogP contribution in [0.2, 0.25) is 0 Å². The molecule has 0 atom stereocenters. The molecule has 2 heteroatoms. The van der Waals surface area contributed by atoms with E-state index in [0.717, 1.165) is 38.3 Å². The average Bonchev–Trinajstić information content (AvgIpc) is 2.80. The van der Waals surface area contributed by atoms with E-state index in [-0.39, 0.29) is 0 Å². The fourth-order valence-electron chi connectivity index (χ4n) is 3.76. The smallest absolute Gasteiger partial charge is 0.122 e. The van der Waals surface area contributed by atoms with Gasteiger partial charge in [0.25, 0.3) is 0 Å². The van der Waals surface area contributed by atoms with Crippen LogP contribution in [0.25, 0.3) is 17.2 Å². The van der Waals surface area contributed by atoms with Gasteiger partial charge in [0.1, 0.15) is 5.75 Å². The summed E-state index contributed by atoms with van der Waals surface area (Å²) < 4.78 is 5.79. The van der Waals surface area contributed by atoms with Crippen LogP contribution in [0.15, 0.2) is 91.0 Å². The Labute approximate surface area is 180 Å². The lowest BCUT2D eigenvalue weighted by Crippen LogP contribution is -2.18. The van der Waals surface area contributed by atoms with E-state index in [1.807, 2.05) is 6.07 Å². The highest BCUT2D eigenvalue weighted by atomic mass is 16.5. The lowest BCUT2D eigenvalue weighted by molar-refractivity contribution is 0.287. The summed E-state index contributed by atoms with van der Waals surface area (Å²) in [6.45, 7) is 2.68. The molecule has 0 aromatic heterocycles. The second-order valence-corrected chi connectivity index (χ2v) is 7.87. The third-order valence-electron chi connectivity index (χ3n) is 5.40. The van der Waals surface area contributed by atoms with Gasteiger partial charge < -0.3 is 4.74 Å². The molecule has 0 amide bonds. The van der Waals surface area contributed by atoms with Crippen LogP contribution in [0.1, 0.15) is 23.1 Å². The number of hydrogen-bond donors (Lipinski definition) is 0. The van der Waals surface area contributed by atoms with E-state index in [1.54, 1.807) is 0 Å². The largest absolute Gasteiger partial charge is 0.493 e. The number of allylic oxidation sites excluding steroid dienone is 2. The van der Waals surface area contributed by atoms with E-state index in [0.29, 0.717) is 0 Å². The van der Waals surface area contributed by atoms with Crippen molar-refractivity contribution in [2.75, 3.05) is 20.2 Å². The molecule has 2 nitrogen and oxygen atoms in total.